The lowest BCUT2D eigenvalue weighted by Crippen LogP contribution is -2.16. The fourth-order valence-corrected chi connectivity index (χ4v) is 2.94. The van der Waals surface area contributed by atoms with Gasteiger partial charge in [-0.05, 0) is 43.0 Å². The summed E-state index contributed by atoms with van der Waals surface area (Å²) in [4.78, 5) is 0. The summed E-state index contributed by atoms with van der Waals surface area (Å²) in [5.74, 6) is 4.07. The van der Waals surface area contributed by atoms with E-state index in [1.54, 1.807) is 0 Å². The van der Waals surface area contributed by atoms with E-state index in [1.165, 1.54) is 11.1 Å². The van der Waals surface area contributed by atoms with Gasteiger partial charge in [0.25, 0.3) is 0 Å². The van der Waals surface area contributed by atoms with E-state index in [0.29, 0.717) is 5.75 Å². The fraction of sp³-hybridized carbons (Fsp3) is 0.467. The number of hydrogen-bond donors (Lipinski definition) is 2. The van der Waals surface area contributed by atoms with Gasteiger partial charge in [0, 0.05) is 17.0 Å². The summed E-state index contributed by atoms with van der Waals surface area (Å²) in [5.41, 5.74) is 16.3. The van der Waals surface area contributed by atoms with Gasteiger partial charge < -0.3 is 5.73 Å². The normalized spacial score (nSPS) is 11.1. The molecule has 0 bridgehead atoms. The maximum Gasteiger partial charge on any atom is 0.129 e. The van der Waals surface area contributed by atoms with E-state index in [4.69, 9.17) is 5.73 Å². The van der Waals surface area contributed by atoms with Crippen LogP contribution in [0.15, 0.2) is 0 Å². The van der Waals surface area contributed by atoms with E-state index in [2.05, 4.69) is 64.5 Å². The molecule has 0 saturated carbocycles. The Morgan fingerprint density at radius 3 is 2.06 bits per heavy atom. The zero-order valence-electron chi connectivity index (χ0n) is 12.2. The van der Waals surface area contributed by atoms with E-state index in [0.717, 1.165) is 22.4 Å². The number of rotatable bonds is 1. The SMILES string of the molecule is Cc1c(N)c(C)c(CS)c(C)c1C#C[Si](C)(C)C. The molecule has 18 heavy (non-hydrogen) atoms. The van der Waals surface area contributed by atoms with Crippen molar-refractivity contribution in [2.45, 2.75) is 46.2 Å². The molecule has 2 N–H and O–H groups in total. The Bertz CT molecular complexity index is 530. The third-order valence-electron chi connectivity index (χ3n) is 3.18. The molecule has 1 aromatic rings. The Balaban J connectivity index is 3.54. The molecule has 1 nitrogen and oxygen atoms in total. The van der Waals surface area contributed by atoms with Gasteiger partial charge in [-0.25, -0.2) is 0 Å². The Kier molecular flexibility index (Phi) is 4.58. The molecule has 98 valence electrons. The minimum absolute atomic E-state index is 0.712. The van der Waals surface area contributed by atoms with Gasteiger partial charge in [-0.2, -0.15) is 12.6 Å². The van der Waals surface area contributed by atoms with Crippen LogP contribution < -0.4 is 5.73 Å². The molecule has 0 unspecified atom stereocenters. The number of benzene rings is 1. The van der Waals surface area contributed by atoms with Crippen LogP contribution in [0, 0.1) is 32.2 Å². The Hall–Kier alpha value is -0.853. The number of nitrogen functional groups attached to an aromatic ring is 1. The zero-order chi connectivity index (χ0) is 14.1. The van der Waals surface area contributed by atoms with Gasteiger partial charge in [0.1, 0.15) is 8.07 Å². The molecule has 0 aromatic heterocycles. The maximum atomic E-state index is 6.18. The van der Waals surface area contributed by atoms with Gasteiger partial charge in [0.15, 0.2) is 0 Å². The molecule has 0 fully saturated rings. The van der Waals surface area contributed by atoms with E-state index in [1.807, 2.05) is 0 Å². The molecule has 0 aliphatic heterocycles. The van der Waals surface area contributed by atoms with Gasteiger partial charge in [-0.1, -0.05) is 25.6 Å². The maximum absolute atomic E-state index is 6.18. The van der Waals surface area contributed by atoms with Crippen molar-refractivity contribution in [1.82, 2.24) is 0 Å². The van der Waals surface area contributed by atoms with E-state index in [-0.39, 0.29) is 0 Å². The number of anilines is 1. The largest absolute Gasteiger partial charge is 0.398 e. The monoisotopic (exact) mass is 277 g/mol. The summed E-state index contributed by atoms with van der Waals surface area (Å²) in [6, 6.07) is 0. The molecule has 1 rings (SSSR count). The van der Waals surface area contributed by atoms with Crippen LogP contribution in [-0.4, -0.2) is 8.07 Å². The minimum atomic E-state index is -1.37. The summed E-state index contributed by atoms with van der Waals surface area (Å²) in [6.07, 6.45) is 0. The van der Waals surface area contributed by atoms with Crippen molar-refractivity contribution in [1.29, 1.82) is 0 Å². The summed E-state index contributed by atoms with van der Waals surface area (Å²) in [6.45, 7) is 13.0. The lowest BCUT2D eigenvalue weighted by molar-refractivity contribution is 1.21. The van der Waals surface area contributed by atoms with Crippen molar-refractivity contribution >= 4 is 26.4 Å². The topological polar surface area (TPSA) is 26.0 Å². The van der Waals surface area contributed by atoms with Crippen LogP contribution in [0.4, 0.5) is 5.69 Å². The van der Waals surface area contributed by atoms with Crippen molar-refractivity contribution < 1.29 is 0 Å². The first-order valence-corrected chi connectivity index (χ1v) is 10.3. The lowest BCUT2D eigenvalue weighted by atomic mass is 9.92. The summed E-state index contributed by atoms with van der Waals surface area (Å²) >= 11 is 4.41. The van der Waals surface area contributed by atoms with E-state index in [9.17, 15) is 0 Å². The van der Waals surface area contributed by atoms with Crippen LogP contribution in [-0.2, 0) is 5.75 Å². The smallest absolute Gasteiger partial charge is 0.129 e. The molecule has 0 spiro atoms. The second-order valence-electron chi connectivity index (χ2n) is 5.80. The molecular formula is C15H23NSSi. The third-order valence-corrected chi connectivity index (χ3v) is 4.38. The number of nitrogens with two attached hydrogens (primary N) is 1. The van der Waals surface area contributed by atoms with Crippen molar-refractivity contribution in [3.8, 4) is 11.5 Å². The molecule has 3 heteroatoms. The highest BCUT2D eigenvalue weighted by molar-refractivity contribution is 7.79. The molecular weight excluding hydrogens is 254 g/mol. The fourth-order valence-electron chi connectivity index (χ4n) is 1.97. The van der Waals surface area contributed by atoms with Crippen LogP contribution in [0.2, 0.25) is 19.6 Å². The van der Waals surface area contributed by atoms with Crippen LogP contribution in [0.25, 0.3) is 0 Å². The molecule has 0 amide bonds. The van der Waals surface area contributed by atoms with Gasteiger partial charge in [-0.15, -0.1) is 5.54 Å². The van der Waals surface area contributed by atoms with E-state index >= 15 is 0 Å². The molecule has 1 aromatic carbocycles. The summed E-state index contributed by atoms with van der Waals surface area (Å²) < 4.78 is 0. The third kappa shape index (κ3) is 3.12. The number of hydrogen-bond acceptors (Lipinski definition) is 2. The highest BCUT2D eigenvalue weighted by Gasteiger charge is 2.14. The zero-order valence-corrected chi connectivity index (χ0v) is 14.1. The van der Waals surface area contributed by atoms with Crippen molar-refractivity contribution in [3.63, 3.8) is 0 Å². The van der Waals surface area contributed by atoms with Crippen LogP contribution in [0.3, 0.4) is 0 Å². The van der Waals surface area contributed by atoms with Crippen molar-refractivity contribution in [2.24, 2.45) is 0 Å². The van der Waals surface area contributed by atoms with Gasteiger partial charge in [-0.3, -0.25) is 0 Å². The highest BCUT2D eigenvalue weighted by atomic mass is 32.1. The molecule has 0 aliphatic rings. The van der Waals surface area contributed by atoms with Gasteiger partial charge >= 0.3 is 0 Å². The Morgan fingerprint density at radius 2 is 1.61 bits per heavy atom. The predicted octanol–water partition coefficient (Wildman–Crippen LogP) is 3.85. The lowest BCUT2D eigenvalue weighted by Gasteiger charge is -2.16. The molecule has 0 aliphatic carbocycles. The van der Waals surface area contributed by atoms with Crippen LogP contribution in [0.1, 0.15) is 27.8 Å². The van der Waals surface area contributed by atoms with Crippen LogP contribution in [0.5, 0.6) is 0 Å². The molecule has 0 radical (unpaired) electrons. The predicted molar refractivity (Wildman–Crippen MR) is 88.0 cm³/mol. The van der Waals surface area contributed by atoms with Gasteiger partial charge in [0.05, 0.1) is 0 Å². The average Bonchev–Trinajstić information content (AvgIpc) is 2.25. The van der Waals surface area contributed by atoms with Crippen LogP contribution >= 0.6 is 12.6 Å². The van der Waals surface area contributed by atoms with Crippen molar-refractivity contribution in [2.75, 3.05) is 5.73 Å². The Morgan fingerprint density at radius 1 is 1.06 bits per heavy atom. The number of thiol groups is 1. The standard InChI is InChI=1S/C15H23NSSi/c1-10-13(7-8-18(4,5)6)11(2)15(16)12(3)14(10)9-17/h17H,9,16H2,1-6H3. The average molecular weight is 278 g/mol. The first-order valence-electron chi connectivity index (χ1n) is 6.21. The van der Waals surface area contributed by atoms with Gasteiger partial charge in [0.2, 0.25) is 0 Å². The second-order valence-corrected chi connectivity index (χ2v) is 10.9. The van der Waals surface area contributed by atoms with Crippen molar-refractivity contribution in [3.05, 3.63) is 27.8 Å². The summed E-state index contributed by atoms with van der Waals surface area (Å²) in [5, 5.41) is 0. The first kappa shape index (κ1) is 15.2. The first-order chi connectivity index (χ1) is 8.19. The highest BCUT2D eigenvalue weighted by Crippen LogP contribution is 2.29. The molecule has 0 atom stereocenters. The molecule has 0 heterocycles. The molecule has 0 saturated heterocycles. The minimum Gasteiger partial charge on any atom is -0.398 e. The second kappa shape index (κ2) is 5.42. The van der Waals surface area contributed by atoms with E-state index < -0.39 is 8.07 Å². The quantitative estimate of drug-likeness (QED) is 0.347. The summed E-state index contributed by atoms with van der Waals surface area (Å²) in [7, 11) is -1.37. The Labute approximate surface area is 118 Å².